The van der Waals surface area contributed by atoms with Gasteiger partial charge in [0.2, 0.25) is 0 Å². The number of rotatable bonds is 11. The van der Waals surface area contributed by atoms with Gasteiger partial charge in [-0.2, -0.15) is 0 Å². The predicted octanol–water partition coefficient (Wildman–Crippen LogP) is 16.2. The van der Waals surface area contributed by atoms with Gasteiger partial charge in [0.25, 0.3) is 0 Å². The van der Waals surface area contributed by atoms with Crippen molar-refractivity contribution in [2.75, 3.05) is 0 Å². The van der Waals surface area contributed by atoms with E-state index in [1.807, 2.05) is 12.4 Å². The highest BCUT2D eigenvalue weighted by Gasteiger charge is 2.30. The van der Waals surface area contributed by atoms with E-state index in [0.29, 0.717) is 48.3 Å². The Bertz CT molecular complexity index is 3220. The Balaban J connectivity index is 1.34. The molecule has 6 nitrogen and oxygen atoms in total. The first-order chi connectivity index (χ1) is 31.8. The summed E-state index contributed by atoms with van der Waals surface area (Å²) < 4.78 is 5.01. The first-order valence-corrected chi connectivity index (χ1v) is 24.5. The third-order valence-electron chi connectivity index (χ3n) is 14.2. The highest BCUT2D eigenvalue weighted by molar-refractivity contribution is 6.13. The molecule has 6 heterocycles. The minimum atomic E-state index is 0.301. The van der Waals surface area contributed by atoms with Gasteiger partial charge in [0.15, 0.2) is 0 Å². The normalized spacial score (nSPS) is 12.6. The molecule has 10 rings (SSSR count). The van der Waals surface area contributed by atoms with Crippen molar-refractivity contribution in [1.82, 2.24) is 28.7 Å². The monoisotopic (exact) mass is 869 g/mol. The maximum absolute atomic E-state index is 5.81. The average molecular weight is 869 g/mol. The van der Waals surface area contributed by atoms with Crippen LogP contribution in [0, 0.1) is 0 Å². The van der Waals surface area contributed by atoms with Crippen molar-refractivity contribution < 1.29 is 0 Å². The molecule has 0 aliphatic heterocycles. The molecular weight excluding hydrogens is 805 g/mol. The molecule has 0 aliphatic carbocycles. The molecule has 0 aliphatic rings. The van der Waals surface area contributed by atoms with Crippen molar-refractivity contribution >= 4 is 54.9 Å². The van der Waals surface area contributed by atoms with Gasteiger partial charge in [-0.05, 0) is 118 Å². The Kier molecular flexibility index (Phi) is 11.1. The van der Waals surface area contributed by atoms with Crippen LogP contribution in [0.2, 0.25) is 0 Å². The quantitative estimate of drug-likeness (QED) is 0.122. The van der Waals surface area contributed by atoms with Crippen molar-refractivity contribution in [3.8, 4) is 22.5 Å². The zero-order valence-electron chi connectivity index (χ0n) is 41.0. The lowest BCUT2D eigenvalue weighted by atomic mass is 9.85. The molecule has 0 saturated carbocycles. The molecule has 0 amide bonds. The van der Waals surface area contributed by atoms with Gasteiger partial charge < -0.3 is 0 Å². The van der Waals surface area contributed by atoms with Crippen LogP contribution in [-0.4, -0.2) is 28.7 Å². The average Bonchev–Trinajstić information content (AvgIpc) is 3.89. The van der Waals surface area contributed by atoms with Crippen molar-refractivity contribution in [1.29, 1.82) is 0 Å². The van der Waals surface area contributed by atoms with Crippen LogP contribution in [0.25, 0.3) is 77.4 Å². The van der Waals surface area contributed by atoms with Gasteiger partial charge >= 0.3 is 0 Å². The lowest BCUT2D eigenvalue weighted by Gasteiger charge is -2.22. The van der Waals surface area contributed by atoms with Crippen molar-refractivity contribution in [3.05, 3.63) is 154 Å². The van der Waals surface area contributed by atoms with E-state index in [0.717, 1.165) is 55.5 Å². The maximum atomic E-state index is 5.81. The first kappa shape index (κ1) is 43.5. The number of hydrogen-bond donors (Lipinski definition) is 0. The fourth-order valence-corrected chi connectivity index (χ4v) is 11.0. The lowest BCUT2D eigenvalue weighted by molar-refractivity contribution is 0.830. The first-order valence-electron chi connectivity index (χ1n) is 24.5. The number of aromatic nitrogens is 6. The molecule has 10 aromatic rings. The zero-order valence-corrected chi connectivity index (χ0v) is 41.0. The molecule has 0 fully saturated rings. The predicted molar refractivity (Wildman–Crippen MR) is 279 cm³/mol. The largest absolute Gasteiger partial charge is 0.291 e. The van der Waals surface area contributed by atoms with Crippen LogP contribution in [0.5, 0.6) is 0 Å². The van der Waals surface area contributed by atoms with Crippen molar-refractivity contribution in [2.24, 2.45) is 0 Å². The lowest BCUT2D eigenvalue weighted by Crippen LogP contribution is -2.07. The molecule has 0 unspecified atom stereocenters. The van der Waals surface area contributed by atoms with Gasteiger partial charge in [-0.15, -0.1) is 0 Å². The number of imidazole rings is 2. The van der Waals surface area contributed by atoms with E-state index in [1.54, 1.807) is 0 Å². The van der Waals surface area contributed by atoms with Crippen LogP contribution < -0.4 is 0 Å². The van der Waals surface area contributed by atoms with Crippen LogP contribution in [0.1, 0.15) is 163 Å². The number of fused-ring (bicyclic) bond motifs is 12. The van der Waals surface area contributed by atoms with Gasteiger partial charge in [0.1, 0.15) is 11.3 Å². The molecule has 0 atom stereocenters. The van der Waals surface area contributed by atoms with Crippen LogP contribution in [-0.2, 0) is 12.8 Å². The minimum Gasteiger partial charge on any atom is -0.291 e. The SMILES string of the molecule is CC(C)c1cccc(C(C)C)c1-c1c(CCc2nc3c4cccnc4c4c(C(C)C)cccc4n3c2-c2c(C(C)C)cccc2C(C)C)nc2c3cccnc3c3c(C(C)C)cccc3n12. The molecule has 6 heteroatoms. The summed E-state index contributed by atoms with van der Waals surface area (Å²) in [6.45, 7) is 27.8. The summed E-state index contributed by atoms with van der Waals surface area (Å²) in [5.74, 6) is 1.83. The molecule has 334 valence electrons. The molecule has 0 radical (unpaired) electrons. The number of pyridine rings is 4. The summed E-state index contributed by atoms with van der Waals surface area (Å²) in [5, 5.41) is 4.56. The Morgan fingerprint density at radius 3 is 1.03 bits per heavy atom. The summed E-state index contributed by atoms with van der Waals surface area (Å²) >= 11 is 0. The molecule has 4 aromatic carbocycles. The highest BCUT2D eigenvalue weighted by Crippen LogP contribution is 2.45. The second-order valence-electron chi connectivity index (χ2n) is 20.5. The highest BCUT2D eigenvalue weighted by atomic mass is 15.1. The van der Waals surface area contributed by atoms with E-state index in [1.165, 1.54) is 66.7 Å². The maximum Gasteiger partial charge on any atom is 0.147 e. The van der Waals surface area contributed by atoms with Crippen molar-refractivity contribution in [2.45, 2.75) is 131 Å². The summed E-state index contributed by atoms with van der Waals surface area (Å²) in [5.41, 5.74) is 21.3. The molecule has 0 N–H and O–H groups in total. The smallest absolute Gasteiger partial charge is 0.147 e. The molecule has 6 aromatic heterocycles. The number of benzene rings is 4. The van der Waals surface area contributed by atoms with Gasteiger partial charge in [-0.25, -0.2) is 9.97 Å². The number of aryl methyl sites for hydroxylation is 2. The molecule has 0 spiro atoms. The van der Waals surface area contributed by atoms with Crippen LogP contribution in [0.4, 0.5) is 0 Å². The van der Waals surface area contributed by atoms with E-state index in [9.17, 15) is 0 Å². The molecule has 0 bridgehead atoms. The number of nitrogens with zero attached hydrogens (tertiary/aromatic N) is 6. The van der Waals surface area contributed by atoms with E-state index in [2.05, 4.69) is 189 Å². The second kappa shape index (κ2) is 16.8. The second-order valence-corrected chi connectivity index (χ2v) is 20.5. The summed E-state index contributed by atoms with van der Waals surface area (Å²) in [6, 6.07) is 36.0. The van der Waals surface area contributed by atoms with Gasteiger partial charge in [-0.3, -0.25) is 18.8 Å². The third-order valence-corrected chi connectivity index (χ3v) is 14.2. The Labute approximate surface area is 390 Å². The fourth-order valence-electron chi connectivity index (χ4n) is 11.0. The summed E-state index contributed by atoms with van der Waals surface area (Å²) in [4.78, 5) is 21.8. The zero-order chi connectivity index (χ0) is 46.3. The standard InChI is InChI=1S/C60H64N6/c1-33(2)39-19-13-20-40(34(3)4)51(39)57-47(63-59-45-25-17-31-61-55(45)53-43(37(9)10)23-15-27-49(53)65(57)59)29-30-48-58(52-41(35(5)6)21-14-22-42(52)36(7)8)66-50-28-16-24-44(38(11)12)54(50)56-46(60(66)64-48)26-18-32-62-56/h13-28,31-38H,29-30H2,1-12H3. The summed E-state index contributed by atoms with van der Waals surface area (Å²) in [6.07, 6.45) is 5.25. The fraction of sp³-hybridized carbons (Fsp3) is 0.333. The Morgan fingerprint density at radius 2 is 0.697 bits per heavy atom. The molecule has 0 saturated heterocycles. The van der Waals surface area contributed by atoms with Gasteiger partial charge in [0, 0.05) is 45.1 Å². The third kappa shape index (κ3) is 6.81. The minimum absolute atomic E-state index is 0.301. The topological polar surface area (TPSA) is 60.4 Å². The van der Waals surface area contributed by atoms with E-state index < -0.39 is 0 Å². The Hall–Kier alpha value is -6.40. The van der Waals surface area contributed by atoms with Crippen LogP contribution in [0.15, 0.2) is 109 Å². The van der Waals surface area contributed by atoms with Gasteiger partial charge in [-0.1, -0.05) is 144 Å². The van der Waals surface area contributed by atoms with Crippen LogP contribution in [0.3, 0.4) is 0 Å². The molecular formula is C60H64N6. The van der Waals surface area contributed by atoms with E-state index in [-0.39, 0.29) is 0 Å². The Morgan fingerprint density at radius 1 is 0.379 bits per heavy atom. The number of hydrogen-bond acceptors (Lipinski definition) is 4. The van der Waals surface area contributed by atoms with E-state index in [4.69, 9.17) is 19.9 Å². The summed E-state index contributed by atoms with van der Waals surface area (Å²) in [7, 11) is 0. The van der Waals surface area contributed by atoms with E-state index >= 15 is 0 Å². The molecule has 66 heavy (non-hydrogen) atoms. The van der Waals surface area contributed by atoms with Crippen LogP contribution >= 0.6 is 0 Å². The van der Waals surface area contributed by atoms with Gasteiger partial charge in [0.05, 0.1) is 44.8 Å². The van der Waals surface area contributed by atoms with Crippen molar-refractivity contribution in [3.63, 3.8) is 0 Å².